The molecule has 0 aliphatic heterocycles. The molecule has 1 amide bonds. The van der Waals surface area contributed by atoms with Crippen LogP contribution in [0.2, 0.25) is 10.0 Å². The van der Waals surface area contributed by atoms with E-state index in [1.807, 2.05) is 18.2 Å². The van der Waals surface area contributed by atoms with Gasteiger partial charge in [0.2, 0.25) is 0 Å². The van der Waals surface area contributed by atoms with Crippen LogP contribution in [0.5, 0.6) is 5.75 Å². The third-order valence-electron chi connectivity index (χ3n) is 5.19. The van der Waals surface area contributed by atoms with Crippen molar-refractivity contribution in [1.29, 1.82) is 0 Å². The van der Waals surface area contributed by atoms with Crippen LogP contribution in [0, 0.1) is 0 Å². The van der Waals surface area contributed by atoms with Crippen molar-refractivity contribution in [3.8, 4) is 5.75 Å². The summed E-state index contributed by atoms with van der Waals surface area (Å²) in [5.41, 5.74) is -0.806. The summed E-state index contributed by atoms with van der Waals surface area (Å²) in [6.07, 6.45) is -1.93. The van der Waals surface area contributed by atoms with Crippen molar-refractivity contribution in [1.82, 2.24) is 14.8 Å². The number of hydrogen-bond acceptors (Lipinski definition) is 4. The summed E-state index contributed by atoms with van der Waals surface area (Å²) >= 11 is 13.0. The van der Waals surface area contributed by atoms with Crippen molar-refractivity contribution in [3.05, 3.63) is 57.3 Å². The fourth-order valence-corrected chi connectivity index (χ4v) is 4.27. The number of carbonyl (C=O) groups is 1. The number of amides is 1. The minimum Gasteiger partial charge on any atom is -0.488 e. The van der Waals surface area contributed by atoms with Gasteiger partial charge in [-0.25, -0.2) is 5.06 Å². The molecule has 1 unspecified atom stereocenters. The number of aryl methyl sites for hydroxylation is 2. The predicted molar refractivity (Wildman–Crippen MR) is 124 cm³/mol. The highest BCUT2D eigenvalue weighted by molar-refractivity contribution is 6.41. The molecule has 0 aliphatic rings. The van der Waals surface area contributed by atoms with Crippen molar-refractivity contribution >= 4 is 39.9 Å². The topological polar surface area (TPSA) is 56.6 Å². The van der Waals surface area contributed by atoms with E-state index in [0.29, 0.717) is 5.02 Å². The molecule has 0 radical (unpaired) electrons. The van der Waals surface area contributed by atoms with E-state index < -0.39 is 29.4 Å². The van der Waals surface area contributed by atoms with E-state index in [4.69, 9.17) is 32.8 Å². The second-order valence-corrected chi connectivity index (χ2v) is 8.63. The lowest BCUT2D eigenvalue weighted by molar-refractivity contribution is -0.144. The van der Waals surface area contributed by atoms with E-state index in [9.17, 15) is 18.0 Å². The second kappa shape index (κ2) is 10.4. The molecule has 1 heterocycles. The van der Waals surface area contributed by atoms with E-state index in [2.05, 4.69) is 12.0 Å². The van der Waals surface area contributed by atoms with Gasteiger partial charge in [0, 0.05) is 18.6 Å². The lowest BCUT2D eigenvalue weighted by atomic mass is 10.0. The molecular formula is C23H24Cl2F3N3O3. The number of nitrogens with zero attached hydrogens (tertiary/aromatic N) is 3. The van der Waals surface area contributed by atoms with Gasteiger partial charge in [0.25, 0.3) is 5.91 Å². The maximum Gasteiger partial charge on any atom is 0.435 e. The number of alkyl halides is 3. The molecule has 3 aromatic rings. The van der Waals surface area contributed by atoms with Crippen LogP contribution in [-0.4, -0.2) is 40.5 Å². The van der Waals surface area contributed by atoms with Crippen molar-refractivity contribution in [2.45, 2.75) is 38.9 Å². The summed E-state index contributed by atoms with van der Waals surface area (Å²) in [4.78, 5) is 18.0. The Morgan fingerprint density at radius 2 is 1.97 bits per heavy atom. The molecule has 0 aliphatic carbocycles. The van der Waals surface area contributed by atoms with Crippen LogP contribution in [0.15, 0.2) is 30.5 Å². The molecule has 3 rings (SSSR count). The number of ether oxygens (including phenoxy) is 1. The summed E-state index contributed by atoms with van der Waals surface area (Å²) < 4.78 is 46.7. The van der Waals surface area contributed by atoms with E-state index in [1.165, 1.54) is 14.2 Å². The van der Waals surface area contributed by atoms with Crippen molar-refractivity contribution in [2.24, 2.45) is 7.05 Å². The lowest BCUT2D eigenvalue weighted by Gasteiger charge is -2.27. The molecule has 0 spiro atoms. The first kappa shape index (κ1) is 26.1. The van der Waals surface area contributed by atoms with Crippen LogP contribution in [0.4, 0.5) is 13.2 Å². The molecule has 0 fully saturated rings. The molecule has 1 atom stereocenters. The van der Waals surface area contributed by atoms with Gasteiger partial charge < -0.3 is 4.74 Å². The molecule has 0 bridgehead atoms. The minimum absolute atomic E-state index is 0.138. The highest BCUT2D eigenvalue weighted by Crippen LogP contribution is 2.40. The number of aromatic nitrogens is 2. The first-order valence-electron chi connectivity index (χ1n) is 10.5. The summed E-state index contributed by atoms with van der Waals surface area (Å²) in [5, 5.41) is 6.37. The Bertz CT molecular complexity index is 1200. The van der Waals surface area contributed by atoms with E-state index in [0.717, 1.165) is 45.1 Å². The maximum atomic E-state index is 13.3. The van der Waals surface area contributed by atoms with Crippen molar-refractivity contribution in [3.63, 3.8) is 0 Å². The summed E-state index contributed by atoms with van der Waals surface area (Å²) in [6, 6.07) is 6.86. The highest BCUT2D eigenvalue weighted by atomic mass is 35.5. The number of rotatable bonds is 8. The maximum absolute atomic E-state index is 13.3. The van der Waals surface area contributed by atoms with E-state index >= 15 is 0 Å². The molecular weight excluding hydrogens is 494 g/mol. The third kappa shape index (κ3) is 5.42. The monoisotopic (exact) mass is 517 g/mol. The Labute approximate surface area is 205 Å². The number of halogens is 5. The number of benzene rings is 2. The zero-order valence-corrected chi connectivity index (χ0v) is 20.6. The first-order valence-corrected chi connectivity index (χ1v) is 11.2. The van der Waals surface area contributed by atoms with Crippen LogP contribution in [0.1, 0.15) is 41.9 Å². The highest BCUT2D eigenvalue weighted by Gasteiger charge is 2.40. The summed E-state index contributed by atoms with van der Waals surface area (Å²) in [5.74, 6) is -0.781. The fourth-order valence-electron chi connectivity index (χ4n) is 3.63. The van der Waals surface area contributed by atoms with Crippen LogP contribution in [0.25, 0.3) is 10.8 Å². The minimum atomic E-state index is -4.80. The smallest absolute Gasteiger partial charge is 0.435 e. The number of hydroxylamine groups is 2. The predicted octanol–water partition coefficient (Wildman–Crippen LogP) is 6.32. The molecule has 0 saturated carbocycles. The molecule has 1 aromatic heterocycles. The van der Waals surface area contributed by atoms with Crippen LogP contribution in [0.3, 0.4) is 0 Å². The number of hydrogen-bond donors (Lipinski definition) is 0. The Hall–Kier alpha value is -2.49. The van der Waals surface area contributed by atoms with Crippen molar-refractivity contribution < 1.29 is 27.5 Å². The first-order chi connectivity index (χ1) is 16.0. The number of fused-ring (bicyclic) bond motifs is 1. The Balaban J connectivity index is 1.84. The van der Waals surface area contributed by atoms with Gasteiger partial charge in [0.15, 0.2) is 11.4 Å². The Kier molecular flexibility index (Phi) is 8.00. The zero-order valence-electron chi connectivity index (χ0n) is 19.0. The standard InChI is InChI=1S/C23H24Cl2F3N3O3/c1-5-6-14-7-8-15-10-18(24)20(19(25)16(15)9-14)34-12-13(2)31(33-4)22(32)17-11-30(3)29-21(17)23(26,27)28/h7-11,13H,5-6,12H2,1-4H3. The van der Waals surface area contributed by atoms with Gasteiger partial charge in [-0.2, -0.15) is 18.3 Å². The largest absolute Gasteiger partial charge is 0.488 e. The Morgan fingerprint density at radius 1 is 1.26 bits per heavy atom. The quantitative estimate of drug-likeness (QED) is 0.328. The molecule has 6 nitrogen and oxygen atoms in total. The van der Waals surface area contributed by atoms with E-state index in [-0.39, 0.29) is 17.4 Å². The van der Waals surface area contributed by atoms with Crippen molar-refractivity contribution in [2.75, 3.05) is 13.7 Å². The van der Waals surface area contributed by atoms with Gasteiger partial charge in [-0.3, -0.25) is 14.3 Å². The number of carbonyl (C=O) groups excluding carboxylic acids is 1. The van der Waals surface area contributed by atoms with Gasteiger partial charge in [0.1, 0.15) is 6.61 Å². The van der Waals surface area contributed by atoms with Gasteiger partial charge in [-0.1, -0.05) is 48.7 Å². The average molecular weight is 518 g/mol. The molecule has 11 heteroatoms. The van der Waals surface area contributed by atoms with Gasteiger partial charge in [-0.05, 0) is 36.4 Å². The van der Waals surface area contributed by atoms with Crippen LogP contribution < -0.4 is 4.74 Å². The molecule has 184 valence electrons. The van der Waals surface area contributed by atoms with Gasteiger partial charge in [-0.15, -0.1) is 0 Å². The summed E-state index contributed by atoms with van der Waals surface area (Å²) in [7, 11) is 2.48. The van der Waals surface area contributed by atoms with E-state index in [1.54, 1.807) is 13.0 Å². The lowest BCUT2D eigenvalue weighted by Crippen LogP contribution is -2.41. The molecule has 0 saturated heterocycles. The Morgan fingerprint density at radius 3 is 2.59 bits per heavy atom. The van der Waals surface area contributed by atoms with Gasteiger partial charge >= 0.3 is 6.18 Å². The second-order valence-electron chi connectivity index (χ2n) is 7.84. The molecule has 34 heavy (non-hydrogen) atoms. The summed E-state index contributed by atoms with van der Waals surface area (Å²) in [6.45, 7) is 3.50. The van der Waals surface area contributed by atoms with Gasteiger partial charge in [0.05, 0.1) is 28.8 Å². The van der Waals surface area contributed by atoms with Crippen LogP contribution >= 0.6 is 23.2 Å². The fraction of sp³-hybridized carbons (Fsp3) is 0.391. The SMILES string of the molecule is CCCc1ccc2cc(Cl)c(OCC(C)N(OC)C(=O)c3cn(C)nc3C(F)(F)F)c(Cl)c2c1. The normalized spacial score (nSPS) is 12.7. The molecule has 2 aromatic carbocycles. The molecule has 0 N–H and O–H groups in total. The zero-order chi connectivity index (χ0) is 25.2. The third-order valence-corrected chi connectivity index (χ3v) is 5.84. The average Bonchev–Trinajstić information content (AvgIpc) is 3.17. The van der Waals surface area contributed by atoms with Crippen LogP contribution in [-0.2, 0) is 24.5 Å².